The van der Waals surface area contributed by atoms with Gasteiger partial charge in [0.2, 0.25) is 5.91 Å². The van der Waals surface area contributed by atoms with Gasteiger partial charge in [-0.2, -0.15) is 0 Å². The van der Waals surface area contributed by atoms with Crippen LogP contribution in [-0.2, 0) is 11.3 Å². The number of hydrogen-bond acceptors (Lipinski definition) is 1. The van der Waals surface area contributed by atoms with E-state index in [0.717, 1.165) is 35.9 Å². The number of carbonyl (C=O) groups is 1. The van der Waals surface area contributed by atoms with Crippen LogP contribution in [0.1, 0.15) is 62.5 Å². The van der Waals surface area contributed by atoms with Gasteiger partial charge in [0.25, 0.3) is 0 Å². The van der Waals surface area contributed by atoms with Crippen LogP contribution in [0.5, 0.6) is 0 Å². The molecule has 1 unspecified atom stereocenters. The number of carbonyl (C=O) groups excluding carboxylic acids is 1. The summed E-state index contributed by atoms with van der Waals surface area (Å²) in [5, 5.41) is 4.41. The Morgan fingerprint density at radius 3 is 2.55 bits per heavy atom. The number of aromatic nitrogens is 1. The molecule has 2 aromatic carbocycles. The summed E-state index contributed by atoms with van der Waals surface area (Å²) in [5.74, 6) is -0.272. The third-order valence-corrected chi connectivity index (χ3v) is 6.17. The van der Waals surface area contributed by atoms with E-state index >= 15 is 0 Å². The number of nitrogens with zero attached hydrogens (tertiary/aromatic N) is 1. The second-order valence-electron chi connectivity index (χ2n) is 8.10. The quantitative estimate of drug-likeness (QED) is 0.568. The molecule has 29 heavy (non-hydrogen) atoms. The maximum absolute atomic E-state index is 13.6. The van der Waals surface area contributed by atoms with E-state index in [1.165, 1.54) is 36.9 Å². The van der Waals surface area contributed by atoms with Crippen molar-refractivity contribution in [3.8, 4) is 0 Å². The fourth-order valence-corrected chi connectivity index (χ4v) is 4.64. The van der Waals surface area contributed by atoms with Crippen molar-refractivity contribution in [3.05, 3.63) is 71.7 Å². The standard InChI is InChI=1S/C25H29FN2O/c1-2-28-17-23(21-10-6-7-11-24(21)28)22(18-12-14-19(26)15-13-18)16-25(29)27-20-8-4-3-5-9-20/h6-7,10-15,17,20,22H,2-5,8-9,16H2,1H3,(H,27,29). The first-order valence-corrected chi connectivity index (χ1v) is 10.8. The number of benzene rings is 2. The molecule has 1 saturated carbocycles. The summed E-state index contributed by atoms with van der Waals surface area (Å²) < 4.78 is 15.8. The summed E-state index contributed by atoms with van der Waals surface area (Å²) in [6.45, 7) is 2.99. The summed E-state index contributed by atoms with van der Waals surface area (Å²) in [6, 6.07) is 15.2. The Morgan fingerprint density at radius 1 is 1.10 bits per heavy atom. The molecule has 1 aromatic heterocycles. The largest absolute Gasteiger partial charge is 0.353 e. The van der Waals surface area contributed by atoms with E-state index in [-0.39, 0.29) is 17.6 Å². The van der Waals surface area contributed by atoms with E-state index in [4.69, 9.17) is 0 Å². The van der Waals surface area contributed by atoms with Gasteiger partial charge in [-0.25, -0.2) is 4.39 Å². The molecule has 3 aromatic rings. The van der Waals surface area contributed by atoms with Crippen LogP contribution in [0.2, 0.25) is 0 Å². The molecule has 1 heterocycles. The third-order valence-electron chi connectivity index (χ3n) is 6.17. The first-order valence-electron chi connectivity index (χ1n) is 10.8. The van der Waals surface area contributed by atoms with E-state index in [1.54, 1.807) is 0 Å². The van der Waals surface area contributed by atoms with Crippen molar-refractivity contribution in [2.45, 2.75) is 64.0 Å². The van der Waals surface area contributed by atoms with E-state index in [0.29, 0.717) is 12.5 Å². The first-order chi connectivity index (χ1) is 14.2. The number of fused-ring (bicyclic) bond motifs is 1. The smallest absolute Gasteiger partial charge is 0.221 e. The maximum Gasteiger partial charge on any atom is 0.221 e. The first kappa shape index (κ1) is 19.7. The molecule has 0 bridgehead atoms. The molecule has 0 radical (unpaired) electrons. The SMILES string of the molecule is CCn1cc(C(CC(=O)NC2CCCCC2)c2ccc(F)cc2)c2ccccc21. The number of halogens is 1. The Morgan fingerprint density at radius 2 is 1.83 bits per heavy atom. The highest BCUT2D eigenvalue weighted by molar-refractivity contribution is 5.86. The molecule has 1 fully saturated rings. The van der Waals surface area contributed by atoms with Crippen molar-refractivity contribution in [3.63, 3.8) is 0 Å². The number of hydrogen-bond donors (Lipinski definition) is 1. The zero-order chi connectivity index (χ0) is 20.2. The van der Waals surface area contributed by atoms with Crippen molar-refractivity contribution < 1.29 is 9.18 Å². The van der Waals surface area contributed by atoms with Gasteiger partial charge in [0.1, 0.15) is 5.82 Å². The topological polar surface area (TPSA) is 34.0 Å². The lowest BCUT2D eigenvalue weighted by Gasteiger charge is -2.24. The minimum absolute atomic E-state index is 0.0829. The van der Waals surface area contributed by atoms with Crippen LogP contribution in [0.15, 0.2) is 54.7 Å². The highest BCUT2D eigenvalue weighted by Crippen LogP contribution is 2.35. The second kappa shape index (κ2) is 8.81. The predicted octanol–water partition coefficient (Wildman–Crippen LogP) is 5.77. The number of para-hydroxylation sites is 1. The molecule has 1 N–H and O–H groups in total. The number of amides is 1. The highest BCUT2D eigenvalue weighted by atomic mass is 19.1. The lowest BCUT2D eigenvalue weighted by Crippen LogP contribution is -2.36. The van der Waals surface area contributed by atoms with Gasteiger partial charge in [-0.15, -0.1) is 0 Å². The molecule has 1 aliphatic rings. The van der Waals surface area contributed by atoms with Crippen LogP contribution in [0, 0.1) is 5.82 Å². The average Bonchev–Trinajstić information content (AvgIpc) is 3.12. The molecule has 4 heteroatoms. The normalized spacial score (nSPS) is 16.1. The predicted molar refractivity (Wildman–Crippen MR) is 115 cm³/mol. The van der Waals surface area contributed by atoms with Crippen LogP contribution in [-0.4, -0.2) is 16.5 Å². The summed E-state index contributed by atoms with van der Waals surface area (Å²) in [4.78, 5) is 13.0. The number of aryl methyl sites for hydroxylation is 1. The van der Waals surface area contributed by atoms with Crippen molar-refractivity contribution >= 4 is 16.8 Å². The monoisotopic (exact) mass is 392 g/mol. The molecule has 1 atom stereocenters. The Hall–Kier alpha value is -2.62. The van der Waals surface area contributed by atoms with Crippen molar-refractivity contribution in [1.82, 2.24) is 9.88 Å². The zero-order valence-corrected chi connectivity index (χ0v) is 17.0. The van der Waals surface area contributed by atoms with E-state index in [1.807, 2.05) is 24.3 Å². The summed E-state index contributed by atoms with van der Waals surface area (Å²) in [7, 11) is 0. The van der Waals surface area contributed by atoms with Crippen molar-refractivity contribution in [1.29, 1.82) is 0 Å². The van der Waals surface area contributed by atoms with Crippen LogP contribution in [0.3, 0.4) is 0 Å². The van der Waals surface area contributed by atoms with Gasteiger partial charge in [-0.05, 0) is 49.1 Å². The van der Waals surface area contributed by atoms with Crippen LogP contribution in [0.25, 0.3) is 10.9 Å². The summed E-state index contributed by atoms with van der Waals surface area (Å²) >= 11 is 0. The van der Waals surface area contributed by atoms with Gasteiger partial charge in [-0.3, -0.25) is 4.79 Å². The minimum atomic E-state index is -0.254. The van der Waals surface area contributed by atoms with E-state index in [9.17, 15) is 9.18 Å². The second-order valence-corrected chi connectivity index (χ2v) is 8.10. The molecule has 152 valence electrons. The number of nitrogens with one attached hydrogen (secondary N) is 1. The Bertz CT molecular complexity index is 970. The van der Waals surface area contributed by atoms with E-state index in [2.05, 4.69) is 35.1 Å². The molecule has 0 saturated heterocycles. The van der Waals surface area contributed by atoms with Gasteiger partial charge in [-0.1, -0.05) is 49.6 Å². The lowest BCUT2D eigenvalue weighted by atomic mass is 9.87. The van der Waals surface area contributed by atoms with Gasteiger partial charge < -0.3 is 9.88 Å². The van der Waals surface area contributed by atoms with Crippen LogP contribution >= 0.6 is 0 Å². The fraction of sp³-hybridized carbons (Fsp3) is 0.400. The Balaban J connectivity index is 1.67. The average molecular weight is 393 g/mol. The van der Waals surface area contributed by atoms with Gasteiger partial charge in [0.15, 0.2) is 0 Å². The zero-order valence-electron chi connectivity index (χ0n) is 17.0. The molecule has 1 aliphatic carbocycles. The summed E-state index contributed by atoms with van der Waals surface area (Å²) in [5.41, 5.74) is 3.28. The molecular formula is C25H29FN2O. The molecule has 1 amide bonds. The van der Waals surface area contributed by atoms with Gasteiger partial charge >= 0.3 is 0 Å². The minimum Gasteiger partial charge on any atom is -0.353 e. The van der Waals surface area contributed by atoms with Crippen molar-refractivity contribution in [2.75, 3.05) is 0 Å². The van der Waals surface area contributed by atoms with Gasteiger partial charge in [0, 0.05) is 42.0 Å². The van der Waals surface area contributed by atoms with E-state index < -0.39 is 0 Å². The van der Waals surface area contributed by atoms with Crippen molar-refractivity contribution in [2.24, 2.45) is 0 Å². The van der Waals surface area contributed by atoms with Crippen LogP contribution in [0.4, 0.5) is 4.39 Å². The third kappa shape index (κ3) is 4.36. The lowest BCUT2D eigenvalue weighted by molar-refractivity contribution is -0.122. The van der Waals surface area contributed by atoms with Gasteiger partial charge in [0.05, 0.1) is 0 Å². The Labute approximate surface area is 171 Å². The molecule has 0 spiro atoms. The summed E-state index contributed by atoms with van der Waals surface area (Å²) in [6.07, 6.45) is 8.32. The van der Waals surface area contributed by atoms with Crippen LogP contribution < -0.4 is 5.32 Å². The number of rotatable bonds is 6. The Kier molecular flexibility index (Phi) is 5.98. The molecule has 4 rings (SSSR count). The molecular weight excluding hydrogens is 363 g/mol. The maximum atomic E-state index is 13.6. The molecule has 0 aliphatic heterocycles. The molecule has 3 nitrogen and oxygen atoms in total. The highest BCUT2D eigenvalue weighted by Gasteiger charge is 2.24. The fourth-order valence-electron chi connectivity index (χ4n) is 4.64.